The first kappa shape index (κ1) is 11.3. The second-order valence-electron chi connectivity index (χ2n) is 4.06. The normalized spacial score (nSPS) is 25.7. The van der Waals surface area contributed by atoms with Crippen molar-refractivity contribution in [1.82, 2.24) is 0 Å². The molecule has 0 unspecified atom stereocenters. The molecule has 16 heavy (non-hydrogen) atoms. The fraction of sp³-hybridized carbons (Fsp3) is 0.462. The van der Waals surface area contributed by atoms with Crippen LogP contribution in [0.3, 0.4) is 0 Å². The lowest BCUT2D eigenvalue weighted by Crippen LogP contribution is -2.35. The van der Waals surface area contributed by atoms with Crippen LogP contribution in [0.15, 0.2) is 30.3 Å². The predicted molar refractivity (Wildman–Crippen MR) is 60.0 cm³/mol. The van der Waals surface area contributed by atoms with Crippen LogP contribution < -0.4 is 0 Å². The Morgan fingerprint density at radius 1 is 1.38 bits per heavy atom. The second-order valence-corrected chi connectivity index (χ2v) is 4.06. The van der Waals surface area contributed by atoms with Crippen LogP contribution in [0.2, 0.25) is 0 Å². The first-order valence-corrected chi connectivity index (χ1v) is 5.50. The van der Waals surface area contributed by atoms with Crippen molar-refractivity contribution in [3.8, 4) is 0 Å². The van der Waals surface area contributed by atoms with E-state index in [2.05, 4.69) is 0 Å². The van der Waals surface area contributed by atoms with E-state index in [-0.39, 0.29) is 18.0 Å². The van der Waals surface area contributed by atoms with E-state index < -0.39 is 0 Å². The molecule has 0 aromatic heterocycles. The monoisotopic (exact) mass is 220 g/mol. The lowest BCUT2D eigenvalue weighted by molar-refractivity contribution is -0.171. The number of hydrogen-bond donors (Lipinski definition) is 0. The first-order valence-electron chi connectivity index (χ1n) is 5.50. The quantitative estimate of drug-likeness (QED) is 0.779. The molecule has 0 spiro atoms. The third-order valence-corrected chi connectivity index (χ3v) is 2.89. The van der Waals surface area contributed by atoms with E-state index in [1.54, 1.807) is 7.11 Å². The molecule has 0 N–H and O–H groups in total. The molecule has 3 nitrogen and oxygen atoms in total. The van der Waals surface area contributed by atoms with E-state index in [0.717, 1.165) is 6.42 Å². The molecule has 86 valence electrons. The van der Waals surface area contributed by atoms with Gasteiger partial charge in [-0.05, 0) is 12.0 Å². The molecule has 0 amide bonds. The maximum absolute atomic E-state index is 11.8. The largest absolute Gasteiger partial charge is 0.355 e. The molecule has 1 heterocycles. The number of ether oxygens (including phenoxy) is 2. The lowest BCUT2D eigenvalue weighted by atomic mass is 9.92. The zero-order valence-electron chi connectivity index (χ0n) is 9.39. The number of benzene rings is 1. The van der Waals surface area contributed by atoms with Crippen LogP contribution in [0, 0.1) is 5.92 Å². The summed E-state index contributed by atoms with van der Waals surface area (Å²) in [5, 5.41) is 0. The van der Waals surface area contributed by atoms with E-state index in [9.17, 15) is 4.79 Å². The van der Waals surface area contributed by atoms with Gasteiger partial charge < -0.3 is 9.47 Å². The van der Waals surface area contributed by atoms with Crippen molar-refractivity contribution < 1.29 is 14.3 Å². The van der Waals surface area contributed by atoms with Gasteiger partial charge in [-0.1, -0.05) is 30.3 Å². The maximum Gasteiger partial charge on any atom is 0.164 e. The van der Waals surface area contributed by atoms with E-state index in [4.69, 9.17) is 9.47 Å². The van der Waals surface area contributed by atoms with Gasteiger partial charge in [-0.3, -0.25) is 4.79 Å². The van der Waals surface area contributed by atoms with Crippen LogP contribution in [-0.4, -0.2) is 25.8 Å². The highest BCUT2D eigenvalue weighted by atomic mass is 16.7. The average molecular weight is 220 g/mol. The predicted octanol–water partition coefficient (Wildman–Crippen LogP) is 1.81. The topological polar surface area (TPSA) is 35.5 Å². The van der Waals surface area contributed by atoms with Crippen LogP contribution >= 0.6 is 0 Å². The average Bonchev–Trinajstić information content (AvgIpc) is 2.33. The molecule has 0 radical (unpaired) electrons. The number of carbonyl (C=O) groups is 1. The van der Waals surface area contributed by atoms with Gasteiger partial charge in [0.2, 0.25) is 0 Å². The third-order valence-electron chi connectivity index (χ3n) is 2.89. The Balaban J connectivity index is 1.94. The van der Waals surface area contributed by atoms with Crippen molar-refractivity contribution >= 4 is 5.78 Å². The van der Waals surface area contributed by atoms with Crippen molar-refractivity contribution in [2.75, 3.05) is 13.7 Å². The van der Waals surface area contributed by atoms with Gasteiger partial charge in [0.1, 0.15) is 5.78 Å². The summed E-state index contributed by atoms with van der Waals surface area (Å²) < 4.78 is 10.5. The van der Waals surface area contributed by atoms with Gasteiger partial charge in [0, 0.05) is 13.0 Å². The van der Waals surface area contributed by atoms with Crippen LogP contribution in [0.5, 0.6) is 0 Å². The van der Waals surface area contributed by atoms with Crippen LogP contribution in [0.1, 0.15) is 12.0 Å². The summed E-state index contributed by atoms with van der Waals surface area (Å²) >= 11 is 0. The number of rotatable bonds is 3. The van der Waals surface area contributed by atoms with Crippen molar-refractivity contribution in [2.24, 2.45) is 5.92 Å². The molecule has 1 aliphatic rings. The molecule has 2 atom stereocenters. The zero-order valence-corrected chi connectivity index (χ0v) is 9.39. The number of carbonyl (C=O) groups excluding carboxylic acids is 1. The van der Waals surface area contributed by atoms with Gasteiger partial charge in [0.15, 0.2) is 6.29 Å². The lowest BCUT2D eigenvalue weighted by Gasteiger charge is -2.26. The van der Waals surface area contributed by atoms with E-state index >= 15 is 0 Å². The summed E-state index contributed by atoms with van der Waals surface area (Å²) in [6.07, 6.45) is 0.781. The highest BCUT2D eigenvalue weighted by molar-refractivity contribution is 5.82. The highest BCUT2D eigenvalue weighted by Gasteiger charge is 2.29. The maximum atomic E-state index is 11.8. The Bertz CT molecular complexity index is 347. The molecule has 1 aromatic rings. The van der Waals surface area contributed by atoms with Crippen molar-refractivity contribution in [1.29, 1.82) is 0 Å². The molecule has 0 bridgehead atoms. The summed E-state index contributed by atoms with van der Waals surface area (Å²) in [4.78, 5) is 11.8. The molecule has 0 aliphatic carbocycles. The van der Waals surface area contributed by atoms with Gasteiger partial charge in [0.05, 0.1) is 13.0 Å². The van der Waals surface area contributed by atoms with Gasteiger partial charge in [-0.15, -0.1) is 0 Å². The summed E-state index contributed by atoms with van der Waals surface area (Å²) in [6, 6.07) is 10.0. The highest BCUT2D eigenvalue weighted by Crippen LogP contribution is 2.19. The molecule has 1 aromatic carbocycles. The summed E-state index contributed by atoms with van der Waals surface area (Å²) in [6.45, 7) is 0.465. The minimum absolute atomic E-state index is 0.0196. The molecule has 0 saturated carbocycles. The molecule has 3 heteroatoms. The SMILES string of the molecule is CO[C@H]1CC(=O)[C@H](Cc2ccccc2)CO1. The molecule has 1 fully saturated rings. The Morgan fingerprint density at radius 3 is 2.75 bits per heavy atom. The minimum Gasteiger partial charge on any atom is -0.355 e. The third kappa shape index (κ3) is 2.68. The number of hydrogen-bond acceptors (Lipinski definition) is 3. The molecular weight excluding hydrogens is 204 g/mol. The first-order chi connectivity index (χ1) is 7.79. The standard InChI is InChI=1S/C13H16O3/c1-15-13-8-12(14)11(9-16-13)7-10-5-3-2-4-6-10/h2-6,11,13H,7-9H2,1H3/t11-,13-/m1/s1. The number of methoxy groups -OCH3 is 1. The second kappa shape index (κ2) is 5.23. The van der Waals surface area contributed by atoms with Crippen LogP contribution in [0.4, 0.5) is 0 Å². The Morgan fingerprint density at radius 2 is 2.12 bits per heavy atom. The van der Waals surface area contributed by atoms with Crippen LogP contribution in [0.25, 0.3) is 0 Å². The number of Topliss-reactive ketones (excluding diaryl/α,β-unsaturated/α-hetero) is 1. The fourth-order valence-corrected chi connectivity index (χ4v) is 1.93. The van der Waals surface area contributed by atoms with Gasteiger partial charge >= 0.3 is 0 Å². The minimum atomic E-state index is -0.348. The fourth-order valence-electron chi connectivity index (χ4n) is 1.93. The van der Waals surface area contributed by atoms with Gasteiger partial charge in [-0.2, -0.15) is 0 Å². The van der Waals surface area contributed by atoms with E-state index in [0.29, 0.717) is 13.0 Å². The smallest absolute Gasteiger partial charge is 0.164 e. The molecule has 1 aliphatic heterocycles. The van der Waals surface area contributed by atoms with Gasteiger partial charge in [-0.25, -0.2) is 0 Å². The Kier molecular flexibility index (Phi) is 3.70. The summed E-state index contributed by atoms with van der Waals surface area (Å²) in [5.74, 6) is 0.218. The Hall–Kier alpha value is -1.19. The van der Waals surface area contributed by atoms with E-state index in [1.165, 1.54) is 5.56 Å². The molecule has 1 saturated heterocycles. The van der Waals surface area contributed by atoms with Crippen molar-refractivity contribution in [3.63, 3.8) is 0 Å². The summed E-state index contributed by atoms with van der Waals surface area (Å²) in [7, 11) is 1.56. The van der Waals surface area contributed by atoms with Crippen molar-refractivity contribution in [3.05, 3.63) is 35.9 Å². The van der Waals surface area contributed by atoms with Crippen LogP contribution in [-0.2, 0) is 20.7 Å². The zero-order chi connectivity index (χ0) is 11.4. The Labute approximate surface area is 95.4 Å². The number of ketones is 1. The molecule has 2 rings (SSSR count). The van der Waals surface area contributed by atoms with Gasteiger partial charge in [0.25, 0.3) is 0 Å². The van der Waals surface area contributed by atoms with Crippen molar-refractivity contribution in [2.45, 2.75) is 19.1 Å². The molecular formula is C13H16O3. The van der Waals surface area contributed by atoms with E-state index in [1.807, 2.05) is 30.3 Å². The summed E-state index contributed by atoms with van der Waals surface area (Å²) in [5.41, 5.74) is 1.18.